The van der Waals surface area contributed by atoms with Crippen LogP contribution in [0.4, 0.5) is 5.69 Å². The standard InChI is InChI=1S/C15H21NO4/c1-3-16(10-9-14(17)18)13-7-5-12(6-8-13)11-15(19)20-4-2/h5-8H,3-4,9-11H2,1-2H3,(H,17,18). The zero-order valence-corrected chi connectivity index (χ0v) is 12.0. The third-order valence-corrected chi connectivity index (χ3v) is 2.93. The lowest BCUT2D eigenvalue weighted by Gasteiger charge is -2.22. The summed E-state index contributed by atoms with van der Waals surface area (Å²) >= 11 is 0. The molecular formula is C15H21NO4. The van der Waals surface area contributed by atoms with Crippen LogP contribution in [0.5, 0.6) is 0 Å². The molecule has 110 valence electrons. The normalized spacial score (nSPS) is 10.1. The van der Waals surface area contributed by atoms with E-state index in [1.807, 2.05) is 36.1 Å². The Bertz CT molecular complexity index is 442. The first-order valence-corrected chi connectivity index (χ1v) is 6.78. The van der Waals surface area contributed by atoms with E-state index in [0.717, 1.165) is 17.8 Å². The number of hydrogen-bond donors (Lipinski definition) is 1. The monoisotopic (exact) mass is 279 g/mol. The molecule has 0 saturated carbocycles. The Morgan fingerprint density at radius 2 is 1.85 bits per heavy atom. The highest BCUT2D eigenvalue weighted by atomic mass is 16.5. The number of aliphatic carboxylic acids is 1. The summed E-state index contributed by atoms with van der Waals surface area (Å²) in [5, 5.41) is 8.72. The number of carbonyl (C=O) groups excluding carboxylic acids is 1. The van der Waals surface area contributed by atoms with Crippen LogP contribution < -0.4 is 4.90 Å². The molecule has 0 aliphatic carbocycles. The van der Waals surface area contributed by atoms with E-state index in [9.17, 15) is 9.59 Å². The number of benzene rings is 1. The van der Waals surface area contributed by atoms with E-state index in [4.69, 9.17) is 9.84 Å². The van der Waals surface area contributed by atoms with Crippen molar-refractivity contribution in [2.45, 2.75) is 26.7 Å². The lowest BCUT2D eigenvalue weighted by molar-refractivity contribution is -0.142. The van der Waals surface area contributed by atoms with E-state index in [2.05, 4.69) is 0 Å². The quantitative estimate of drug-likeness (QED) is 0.738. The van der Waals surface area contributed by atoms with Crippen molar-refractivity contribution in [1.82, 2.24) is 0 Å². The van der Waals surface area contributed by atoms with Gasteiger partial charge in [-0.3, -0.25) is 9.59 Å². The third kappa shape index (κ3) is 5.30. The van der Waals surface area contributed by atoms with Gasteiger partial charge in [0.2, 0.25) is 0 Å². The SMILES string of the molecule is CCOC(=O)Cc1ccc(N(CC)CCC(=O)O)cc1. The van der Waals surface area contributed by atoms with Gasteiger partial charge in [0.05, 0.1) is 19.4 Å². The van der Waals surface area contributed by atoms with Crippen LogP contribution in [0.1, 0.15) is 25.8 Å². The minimum atomic E-state index is -0.803. The fourth-order valence-corrected chi connectivity index (χ4v) is 1.90. The second-order valence-corrected chi connectivity index (χ2v) is 4.37. The Morgan fingerprint density at radius 3 is 2.35 bits per heavy atom. The zero-order valence-electron chi connectivity index (χ0n) is 12.0. The molecule has 0 fully saturated rings. The molecule has 0 radical (unpaired) electrons. The van der Waals surface area contributed by atoms with Gasteiger partial charge in [0, 0.05) is 18.8 Å². The first-order chi connectivity index (χ1) is 9.56. The minimum Gasteiger partial charge on any atom is -0.481 e. The topological polar surface area (TPSA) is 66.8 Å². The number of carboxylic acids is 1. The van der Waals surface area contributed by atoms with Crippen molar-refractivity contribution in [3.8, 4) is 0 Å². The lowest BCUT2D eigenvalue weighted by atomic mass is 10.1. The van der Waals surface area contributed by atoms with Crippen molar-refractivity contribution in [2.75, 3.05) is 24.6 Å². The molecule has 0 aliphatic rings. The molecule has 0 aromatic heterocycles. The van der Waals surface area contributed by atoms with E-state index < -0.39 is 5.97 Å². The zero-order chi connectivity index (χ0) is 15.0. The van der Waals surface area contributed by atoms with Crippen molar-refractivity contribution in [3.05, 3.63) is 29.8 Å². The minimum absolute atomic E-state index is 0.110. The average Bonchev–Trinajstić information content (AvgIpc) is 2.41. The maximum absolute atomic E-state index is 11.4. The number of anilines is 1. The number of hydrogen-bond acceptors (Lipinski definition) is 4. The van der Waals surface area contributed by atoms with Crippen molar-refractivity contribution in [3.63, 3.8) is 0 Å². The molecule has 0 heterocycles. The smallest absolute Gasteiger partial charge is 0.310 e. The predicted molar refractivity (Wildman–Crippen MR) is 76.9 cm³/mol. The van der Waals surface area contributed by atoms with Crippen LogP contribution in [0.3, 0.4) is 0 Å². The summed E-state index contributed by atoms with van der Waals surface area (Å²) in [6.07, 6.45) is 0.369. The fraction of sp³-hybridized carbons (Fsp3) is 0.467. The highest BCUT2D eigenvalue weighted by molar-refractivity contribution is 5.72. The van der Waals surface area contributed by atoms with E-state index in [1.54, 1.807) is 6.92 Å². The van der Waals surface area contributed by atoms with Gasteiger partial charge >= 0.3 is 11.9 Å². The van der Waals surface area contributed by atoms with Gasteiger partial charge in [0.15, 0.2) is 0 Å². The molecule has 1 aromatic carbocycles. The molecule has 5 nitrogen and oxygen atoms in total. The van der Waals surface area contributed by atoms with Gasteiger partial charge in [-0.25, -0.2) is 0 Å². The van der Waals surface area contributed by atoms with Crippen LogP contribution in [0, 0.1) is 0 Å². The second kappa shape index (κ2) is 8.19. The summed E-state index contributed by atoms with van der Waals surface area (Å²) in [4.78, 5) is 24.0. The third-order valence-electron chi connectivity index (χ3n) is 2.93. The Kier molecular flexibility index (Phi) is 6.56. The van der Waals surface area contributed by atoms with E-state index in [1.165, 1.54) is 0 Å². The Labute approximate surface area is 119 Å². The largest absolute Gasteiger partial charge is 0.481 e. The summed E-state index contributed by atoms with van der Waals surface area (Å²) in [6.45, 7) is 5.36. The summed E-state index contributed by atoms with van der Waals surface area (Å²) < 4.78 is 4.89. The average molecular weight is 279 g/mol. The predicted octanol–water partition coefficient (Wildman–Crippen LogP) is 2.09. The Morgan fingerprint density at radius 1 is 1.20 bits per heavy atom. The number of carbonyl (C=O) groups is 2. The van der Waals surface area contributed by atoms with Gasteiger partial charge in [-0.2, -0.15) is 0 Å². The number of esters is 1. The van der Waals surface area contributed by atoms with Crippen LogP contribution in [0.25, 0.3) is 0 Å². The first-order valence-electron chi connectivity index (χ1n) is 6.78. The summed E-state index contributed by atoms with van der Waals surface area (Å²) in [6, 6.07) is 7.55. The molecule has 0 atom stereocenters. The van der Waals surface area contributed by atoms with Gasteiger partial charge in [0.1, 0.15) is 0 Å². The van der Waals surface area contributed by atoms with E-state index in [0.29, 0.717) is 13.2 Å². The summed E-state index contributed by atoms with van der Waals surface area (Å²) in [5.74, 6) is -1.04. The maximum atomic E-state index is 11.4. The van der Waals surface area contributed by atoms with Gasteiger partial charge in [-0.15, -0.1) is 0 Å². The maximum Gasteiger partial charge on any atom is 0.310 e. The number of ether oxygens (including phenoxy) is 1. The molecule has 1 rings (SSSR count). The molecule has 0 spiro atoms. The van der Waals surface area contributed by atoms with Crippen molar-refractivity contribution >= 4 is 17.6 Å². The molecule has 0 bridgehead atoms. The van der Waals surface area contributed by atoms with Crippen LogP contribution in [0.2, 0.25) is 0 Å². The lowest BCUT2D eigenvalue weighted by Crippen LogP contribution is -2.25. The van der Waals surface area contributed by atoms with Crippen LogP contribution in [0.15, 0.2) is 24.3 Å². The molecule has 20 heavy (non-hydrogen) atoms. The van der Waals surface area contributed by atoms with Gasteiger partial charge in [-0.1, -0.05) is 12.1 Å². The fourth-order valence-electron chi connectivity index (χ4n) is 1.90. The van der Waals surface area contributed by atoms with E-state index in [-0.39, 0.29) is 18.8 Å². The molecule has 1 aromatic rings. The van der Waals surface area contributed by atoms with Crippen LogP contribution >= 0.6 is 0 Å². The highest BCUT2D eigenvalue weighted by Crippen LogP contribution is 2.16. The van der Waals surface area contributed by atoms with Gasteiger partial charge in [-0.05, 0) is 31.5 Å². The molecule has 0 amide bonds. The summed E-state index contributed by atoms with van der Waals surface area (Å²) in [7, 11) is 0. The molecular weight excluding hydrogens is 258 g/mol. The molecule has 0 aliphatic heterocycles. The van der Waals surface area contributed by atoms with Gasteiger partial charge in [0.25, 0.3) is 0 Å². The van der Waals surface area contributed by atoms with Crippen LogP contribution in [-0.2, 0) is 20.7 Å². The highest BCUT2D eigenvalue weighted by Gasteiger charge is 2.08. The molecule has 5 heteroatoms. The number of nitrogens with zero attached hydrogens (tertiary/aromatic N) is 1. The van der Waals surface area contributed by atoms with Crippen LogP contribution in [-0.4, -0.2) is 36.7 Å². The van der Waals surface area contributed by atoms with Crippen molar-refractivity contribution < 1.29 is 19.4 Å². The first kappa shape index (κ1) is 16.0. The molecule has 0 saturated heterocycles. The molecule has 1 N–H and O–H groups in total. The Hall–Kier alpha value is -2.04. The molecule has 0 unspecified atom stereocenters. The Balaban J connectivity index is 2.63. The second-order valence-electron chi connectivity index (χ2n) is 4.37. The number of carboxylic acid groups (broad SMARTS) is 1. The number of rotatable bonds is 8. The van der Waals surface area contributed by atoms with Crippen molar-refractivity contribution in [2.24, 2.45) is 0 Å². The van der Waals surface area contributed by atoms with E-state index >= 15 is 0 Å². The van der Waals surface area contributed by atoms with Gasteiger partial charge < -0.3 is 14.7 Å². The van der Waals surface area contributed by atoms with Crippen molar-refractivity contribution in [1.29, 1.82) is 0 Å². The summed E-state index contributed by atoms with van der Waals surface area (Å²) in [5.41, 5.74) is 1.85.